The third-order valence-electron chi connectivity index (χ3n) is 4.76. The lowest BCUT2D eigenvalue weighted by Crippen LogP contribution is -2.10. The molecule has 0 aliphatic carbocycles. The molecule has 0 saturated carbocycles. The Balaban J connectivity index is 2.01. The van der Waals surface area contributed by atoms with Crippen molar-refractivity contribution in [2.75, 3.05) is 40.8 Å². The summed E-state index contributed by atoms with van der Waals surface area (Å²) in [6.07, 6.45) is 3.57. The smallest absolute Gasteiger partial charge is 0.341 e. The molecule has 0 fully saturated rings. The van der Waals surface area contributed by atoms with Crippen molar-refractivity contribution in [3.63, 3.8) is 0 Å². The number of ether oxygens (including phenoxy) is 5. The first-order chi connectivity index (χ1) is 16.1. The maximum absolute atomic E-state index is 12.3. The van der Waals surface area contributed by atoms with Gasteiger partial charge in [0.15, 0.2) is 6.79 Å². The molecule has 1 heterocycles. The van der Waals surface area contributed by atoms with E-state index in [0.29, 0.717) is 41.5 Å². The topological polar surface area (TPSA) is 91.9 Å². The van der Waals surface area contributed by atoms with Gasteiger partial charge >= 0.3 is 5.97 Å². The number of methoxy groups -OCH3 is 2. The standard InChI is InChI=1S/C25H26N2O6/c1-4-31-25(28)21-10-9-19(13-24(21)33-17-30-3)27-15-18(14-26)22(16-27)20-7-5-6-8-23(20)32-12-11-29-2/h5-10,13,15-16H,4,11-12,17H2,1-3H3. The van der Waals surface area contributed by atoms with Gasteiger partial charge in [-0.1, -0.05) is 18.2 Å². The second-order valence-electron chi connectivity index (χ2n) is 6.89. The number of hydrogen-bond acceptors (Lipinski definition) is 7. The van der Waals surface area contributed by atoms with E-state index in [9.17, 15) is 10.1 Å². The van der Waals surface area contributed by atoms with Crippen molar-refractivity contribution in [3.8, 4) is 34.4 Å². The Bertz CT molecular complexity index is 1130. The Morgan fingerprint density at radius 2 is 1.79 bits per heavy atom. The molecule has 8 nitrogen and oxygen atoms in total. The van der Waals surface area contributed by atoms with Crippen LogP contribution in [0.2, 0.25) is 0 Å². The first-order valence-electron chi connectivity index (χ1n) is 10.4. The minimum Gasteiger partial charge on any atom is -0.491 e. The van der Waals surface area contributed by atoms with Gasteiger partial charge in [-0.2, -0.15) is 5.26 Å². The zero-order valence-electron chi connectivity index (χ0n) is 18.9. The highest BCUT2D eigenvalue weighted by Gasteiger charge is 2.18. The fraction of sp³-hybridized carbons (Fsp3) is 0.280. The molecular weight excluding hydrogens is 424 g/mol. The third-order valence-corrected chi connectivity index (χ3v) is 4.76. The number of rotatable bonds is 11. The highest BCUT2D eigenvalue weighted by atomic mass is 16.7. The van der Waals surface area contributed by atoms with Gasteiger partial charge in [-0.05, 0) is 25.1 Å². The molecule has 0 spiro atoms. The lowest BCUT2D eigenvalue weighted by Gasteiger charge is -2.13. The van der Waals surface area contributed by atoms with Crippen LogP contribution in [0.1, 0.15) is 22.8 Å². The minimum atomic E-state index is -0.483. The molecule has 33 heavy (non-hydrogen) atoms. The van der Waals surface area contributed by atoms with Gasteiger partial charge in [-0.25, -0.2) is 4.79 Å². The number of carbonyl (C=O) groups is 1. The molecule has 0 bridgehead atoms. The molecule has 0 amide bonds. The fourth-order valence-electron chi connectivity index (χ4n) is 3.25. The molecule has 2 aromatic carbocycles. The SMILES string of the molecule is CCOC(=O)c1ccc(-n2cc(C#N)c(-c3ccccc3OCCOC)c2)cc1OCOC. The van der Waals surface area contributed by atoms with Gasteiger partial charge in [0.1, 0.15) is 29.7 Å². The number of nitrogens with zero attached hydrogens (tertiary/aromatic N) is 2. The summed E-state index contributed by atoms with van der Waals surface area (Å²) in [6.45, 7) is 2.82. The molecular formula is C25H26N2O6. The summed E-state index contributed by atoms with van der Waals surface area (Å²) in [7, 11) is 3.11. The van der Waals surface area contributed by atoms with Gasteiger partial charge in [0.2, 0.25) is 0 Å². The van der Waals surface area contributed by atoms with Crippen molar-refractivity contribution >= 4 is 5.97 Å². The first kappa shape index (κ1) is 23.9. The van der Waals surface area contributed by atoms with Crippen LogP contribution < -0.4 is 9.47 Å². The summed E-state index contributed by atoms with van der Waals surface area (Å²) in [6, 6.07) is 14.9. The maximum Gasteiger partial charge on any atom is 0.341 e. The van der Waals surface area contributed by atoms with E-state index in [4.69, 9.17) is 23.7 Å². The van der Waals surface area contributed by atoms with Crippen LogP contribution in [0.5, 0.6) is 11.5 Å². The van der Waals surface area contributed by atoms with E-state index >= 15 is 0 Å². The van der Waals surface area contributed by atoms with E-state index < -0.39 is 5.97 Å². The Kier molecular flexibility index (Phi) is 8.47. The van der Waals surface area contributed by atoms with Gasteiger partial charge in [0.25, 0.3) is 0 Å². The molecule has 1 aromatic heterocycles. The molecule has 0 N–H and O–H groups in total. The number of para-hydroxylation sites is 1. The first-order valence-corrected chi connectivity index (χ1v) is 10.4. The molecule has 0 atom stereocenters. The largest absolute Gasteiger partial charge is 0.491 e. The normalized spacial score (nSPS) is 10.5. The summed E-state index contributed by atoms with van der Waals surface area (Å²) < 4.78 is 28.4. The lowest BCUT2D eigenvalue weighted by molar-refractivity contribution is 0.0438. The van der Waals surface area contributed by atoms with Crippen molar-refractivity contribution in [3.05, 3.63) is 66.0 Å². The zero-order chi connectivity index (χ0) is 23.6. The maximum atomic E-state index is 12.3. The van der Waals surface area contributed by atoms with E-state index in [2.05, 4.69) is 6.07 Å². The summed E-state index contributed by atoms with van der Waals surface area (Å²) in [4.78, 5) is 12.3. The average molecular weight is 450 g/mol. The van der Waals surface area contributed by atoms with E-state index in [0.717, 1.165) is 11.1 Å². The zero-order valence-corrected chi connectivity index (χ0v) is 18.9. The Labute approximate surface area is 192 Å². The number of nitriles is 1. The van der Waals surface area contributed by atoms with Gasteiger partial charge in [-0.3, -0.25) is 0 Å². The lowest BCUT2D eigenvalue weighted by atomic mass is 10.0. The number of aromatic nitrogens is 1. The van der Waals surface area contributed by atoms with Crippen molar-refractivity contribution in [1.82, 2.24) is 4.57 Å². The molecule has 0 unspecified atom stereocenters. The summed E-state index contributed by atoms with van der Waals surface area (Å²) in [5.41, 5.74) is 2.99. The number of benzene rings is 2. The Morgan fingerprint density at radius 3 is 2.52 bits per heavy atom. The highest BCUT2D eigenvalue weighted by Crippen LogP contribution is 2.34. The minimum absolute atomic E-state index is 0.0254. The van der Waals surface area contributed by atoms with Crippen molar-refractivity contribution in [2.45, 2.75) is 6.92 Å². The molecule has 0 saturated heterocycles. The van der Waals surface area contributed by atoms with Crippen LogP contribution in [0, 0.1) is 11.3 Å². The van der Waals surface area contributed by atoms with Crippen LogP contribution in [0.3, 0.4) is 0 Å². The summed E-state index contributed by atoms with van der Waals surface area (Å²) in [5, 5.41) is 9.77. The van der Waals surface area contributed by atoms with Crippen LogP contribution >= 0.6 is 0 Å². The number of hydrogen-bond donors (Lipinski definition) is 0. The highest BCUT2D eigenvalue weighted by molar-refractivity contribution is 5.93. The predicted molar refractivity (Wildman–Crippen MR) is 122 cm³/mol. The molecule has 0 aliphatic rings. The summed E-state index contributed by atoms with van der Waals surface area (Å²) >= 11 is 0. The van der Waals surface area contributed by atoms with Gasteiger partial charge < -0.3 is 28.3 Å². The van der Waals surface area contributed by atoms with Crippen molar-refractivity contribution in [1.29, 1.82) is 5.26 Å². The predicted octanol–water partition coefficient (Wildman–Crippen LogP) is 4.20. The van der Waals surface area contributed by atoms with E-state index in [1.807, 2.05) is 30.5 Å². The molecule has 3 rings (SSSR count). The van der Waals surface area contributed by atoms with E-state index in [-0.39, 0.29) is 13.4 Å². The number of carbonyl (C=O) groups excluding carboxylic acids is 1. The van der Waals surface area contributed by atoms with Crippen LogP contribution in [-0.4, -0.2) is 51.4 Å². The number of esters is 1. The molecule has 3 aromatic rings. The van der Waals surface area contributed by atoms with Crippen molar-refractivity contribution < 1.29 is 28.5 Å². The van der Waals surface area contributed by atoms with Gasteiger partial charge in [-0.15, -0.1) is 0 Å². The average Bonchev–Trinajstić information content (AvgIpc) is 3.27. The Hall–Kier alpha value is -3.80. The molecule has 0 aliphatic heterocycles. The molecule has 0 radical (unpaired) electrons. The summed E-state index contributed by atoms with van der Waals surface area (Å²) in [5.74, 6) is 0.499. The second kappa shape index (κ2) is 11.7. The Morgan fingerprint density at radius 1 is 0.970 bits per heavy atom. The van der Waals surface area contributed by atoms with Gasteiger partial charge in [0.05, 0.1) is 18.8 Å². The van der Waals surface area contributed by atoms with E-state index in [1.165, 1.54) is 7.11 Å². The van der Waals surface area contributed by atoms with Crippen molar-refractivity contribution in [2.24, 2.45) is 0 Å². The quantitative estimate of drug-likeness (QED) is 0.246. The molecule has 8 heteroatoms. The third kappa shape index (κ3) is 5.71. The van der Waals surface area contributed by atoms with Gasteiger partial charge in [0, 0.05) is 49.5 Å². The van der Waals surface area contributed by atoms with E-state index in [1.54, 1.807) is 43.0 Å². The second-order valence-corrected chi connectivity index (χ2v) is 6.89. The monoisotopic (exact) mass is 450 g/mol. The molecule has 172 valence electrons. The van der Waals surface area contributed by atoms with Crippen LogP contribution in [0.4, 0.5) is 0 Å². The fourth-order valence-corrected chi connectivity index (χ4v) is 3.25. The van der Waals surface area contributed by atoms with Crippen LogP contribution in [-0.2, 0) is 14.2 Å². The van der Waals surface area contributed by atoms with Crippen LogP contribution in [0.25, 0.3) is 16.8 Å². The van der Waals surface area contributed by atoms with Crippen LogP contribution in [0.15, 0.2) is 54.9 Å².